The van der Waals surface area contributed by atoms with Crippen LogP contribution in [0.2, 0.25) is 0 Å². The fraction of sp³-hybridized carbons (Fsp3) is 0.200. The summed E-state index contributed by atoms with van der Waals surface area (Å²) in [4.78, 5) is 27.5. The van der Waals surface area contributed by atoms with Crippen molar-refractivity contribution in [2.45, 2.75) is 6.54 Å². The zero-order chi connectivity index (χ0) is 23.0. The summed E-state index contributed by atoms with van der Waals surface area (Å²) in [5.41, 5.74) is 5.82. The van der Waals surface area contributed by atoms with E-state index >= 15 is 0 Å². The van der Waals surface area contributed by atoms with E-state index in [1.54, 1.807) is 29.5 Å². The van der Waals surface area contributed by atoms with Gasteiger partial charge in [-0.3, -0.25) is 15.1 Å². The van der Waals surface area contributed by atoms with Gasteiger partial charge >= 0.3 is 6.09 Å². The minimum absolute atomic E-state index is 0.358. The molecule has 1 aliphatic heterocycles. The number of hydrogen-bond acceptors (Lipinski definition) is 5. The molecule has 0 unspecified atom stereocenters. The third-order valence-corrected chi connectivity index (χ3v) is 6.18. The van der Waals surface area contributed by atoms with Gasteiger partial charge in [-0.2, -0.15) is 5.01 Å². The van der Waals surface area contributed by atoms with Crippen molar-refractivity contribution < 1.29 is 19.4 Å². The maximum absolute atomic E-state index is 12.4. The molecule has 1 aliphatic rings. The lowest BCUT2D eigenvalue weighted by atomic mass is 10.1. The fourth-order valence-electron chi connectivity index (χ4n) is 3.51. The van der Waals surface area contributed by atoms with Crippen LogP contribution in [0.5, 0.6) is 0 Å². The van der Waals surface area contributed by atoms with E-state index in [0.29, 0.717) is 5.69 Å². The molecule has 1 aromatic heterocycles. The smallest absolute Gasteiger partial charge is 0.431 e. The van der Waals surface area contributed by atoms with E-state index in [0.717, 1.165) is 53.9 Å². The summed E-state index contributed by atoms with van der Waals surface area (Å²) >= 11 is 1.60. The number of rotatable bonds is 6. The van der Waals surface area contributed by atoms with Gasteiger partial charge in [-0.05, 0) is 46.3 Å². The van der Waals surface area contributed by atoms with Gasteiger partial charge in [-0.25, -0.2) is 4.79 Å². The Labute approximate surface area is 196 Å². The van der Waals surface area contributed by atoms with Gasteiger partial charge in [0.05, 0.1) is 18.9 Å². The van der Waals surface area contributed by atoms with Gasteiger partial charge in [-0.15, -0.1) is 11.3 Å². The molecule has 3 aromatic rings. The highest BCUT2D eigenvalue weighted by atomic mass is 32.1. The fourth-order valence-corrected chi connectivity index (χ4v) is 4.24. The molecule has 4 rings (SSSR count). The monoisotopic (exact) mass is 463 g/mol. The van der Waals surface area contributed by atoms with E-state index in [4.69, 9.17) is 4.74 Å². The Morgan fingerprint density at radius 1 is 1.06 bits per heavy atom. The molecule has 2 N–H and O–H groups in total. The zero-order valence-electron chi connectivity index (χ0n) is 18.0. The number of benzene rings is 2. The minimum Gasteiger partial charge on any atom is -0.463 e. The first-order chi connectivity index (χ1) is 16.1. The van der Waals surface area contributed by atoms with Crippen LogP contribution in [0.1, 0.15) is 11.1 Å². The molecule has 7 nitrogen and oxygen atoms in total. The molecule has 0 radical (unpaired) electrons. The predicted molar refractivity (Wildman–Crippen MR) is 130 cm³/mol. The molecule has 8 heteroatoms. The van der Waals surface area contributed by atoms with Crippen molar-refractivity contribution >= 4 is 35.1 Å². The molecule has 2 aromatic carbocycles. The van der Waals surface area contributed by atoms with E-state index in [1.165, 1.54) is 11.6 Å². The van der Waals surface area contributed by atoms with E-state index in [1.807, 2.05) is 53.9 Å². The van der Waals surface area contributed by atoms with Crippen molar-refractivity contribution in [2.24, 2.45) is 0 Å². The van der Waals surface area contributed by atoms with Gasteiger partial charge in [0.15, 0.2) is 0 Å². The van der Waals surface area contributed by atoms with Crippen LogP contribution in [-0.2, 0) is 16.1 Å². The first kappa shape index (κ1) is 22.7. The first-order valence-electron chi connectivity index (χ1n) is 10.6. The summed E-state index contributed by atoms with van der Waals surface area (Å²) in [6.45, 7) is 4.26. The minimum atomic E-state index is -1.27. The van der Waals surface area contributed by atoms with Gasteiger partial charge in [0.2, 0.25) is 0 Å². The number of anilines is 1. The van der Waals surface area contributed by atoms with Crippen molar-refractivity contribution in [1.29, 1.82) is 0 Å². The van der Waals surface area contributed by atoms with Crippen LogP contribution in [0, 0.1) is 0 Å². The van der Waals surface area contributed by atoms with Crippen molar-refractivity contribution in [2.75, 3.05) is 31.3 Å². The molecule has 0 bridgehead atoms. The number of thiophene rings is 1. The standard InChI is InChI=1S/C25H25N3O4S/c29-24(12-7-19-3-5-20(6-4-19)18-27-13-15-32-16-14-27)26-28(25(30)31)22-10-8-21(9-11-22)23-2-1-17-33-23/h1-12,17H,13-16,18H2,(H,26,29)(H,30,31). The Morgan fingerprint density at radius 3 is 2.42 bits per heavy atom. The van der Waals surface area contributed by atoms with Crippen LogP contribution in [0.15, 0.2) is 72.1 Å². The van der Waals surface area contributed by atoms with Gasteiger partial charge in [0, 0.05) is 30.6 Å². The third-order valence-electron chi connectivity index (χ3n) is 5.26. The molecule has 33 heavy (non-hydrogen) atoms. The molecule has 170 valence electrons. The van der Waals surface area contributed by atoms with E-state index < -0.39 is 12.0 Å². The van der Waals surface area contributed by atoms with Crippen LogP contribution in [0.25, 0.3) is 16.5 Å². The van der Waals surface area contributed by atoms with Crippen LogP contribution in [0.3, 0.4) is 0 Å². The number of carbonyl (C=O) groups is 2. The van der Waals surface area contributed by atoms with Crippen molar-refractivity contribution in [3.8, 4) is 10.4 Å². The maximum Gasteiger partial charge on any atom is 0.431 e. The summed E-state index contributed by atoms with van der Waals surface area (Å²) in [5, 5.41) is 12.4. The summed E-state index contributed by atoms with van der Waals surface area (Å²) < 4.78 is 5.37. The SMILES string of the molecule is O=C(C=Cc1ccc(CN2CCOCC2)cc1)NN(C(=O)O)c1ccc(-c2cccs2)cc1. The lowest BCUT2D eigenvalue weighted by Gasteiger charge is -2.26. The van der Waals surface area contributed by atoms with Crippen LogP contribution < -0.4 is 10.4 Å². The third kappa shape index (κ3) is 6.29. The van der Waals surface area contributed by atoms with E-state index in [-0.39, 0.29) is 0 Å². The molecule has 2 amide bonds. The Balaban J connectivity index is 1.35. The lowest BCUT2D eigenvalue weighted by Crippen LogP contribution is -2.45. The summed E-state index contributed by atoms with van der Waals surface area (Å²) in [6.07, 6.45) is 1.72. The average molecular weight is 464 g/mol. The normalized spacial score (nSPS) is 14.3. The molecule has 1 fully saturated rings. The van der Waals surface area contributed by atoms with Gasteiger partial charge in [0.25, 0.3) is 5.91 Å². The van der Waals surface area contributed by atoms with Gasteiger partial charge < -0.3 is 9.84 Å². The number of carbonyl (C=O) groups excluding carboxylic acids is 1. The average Bonchev–Trinajstić information content (AvgIpc) is 3.38. The van der Waals surface area contributed by atoms with Crippen molar-refractivity contribution in [1.82, 2.24) is 10.3 Å². The Kier molecular flexibility index (Phi) is 7.51. The Morgan fingerprint density at radius 2 is 1.79 bits per heavy atom. The van der Waals surface area contributed by atoms with Crippen molar-refractivity contribution in [3.05, 3.63) is 83.2 Å². The summed E-state index contributed by atoms with van der Waals surface area (Å²) in [7, 11) is 0. The van der Waals surface area contributed by atoms with Crippen molar-refractivity contribution in [3.63, 3.8) is 0 Å². The topological polar surface area (TPSA) is 82.1 Å². The number of hydrazine groups is 1. The molecular weight excluding hydrogens is 438 g/mol. The van der Waals surface area contributed by atoms with Gasteiger partial charge in [0.1, 0.15) is 0 Å². The maximum atomic E-state index is 12.4. The Bertz CT molecular complexity index is 1090. The second kappa shape index (κ2) is 10.9. The molecule has 0 aliphatic carbocycles. The summed E-state index contributed by atoms with van der Waals surface area (Å²) in [5.74, 6) is -0.530. The van der Waals surface area contributed by atoms with Gasteiger partial charge in [-0.1, -0.05) is 42.5 Å². The highest BCUT2D eigenvalue weighted by molar-refractivity contribution is 7.13. The highest BCUT2D eigenvalue weighted by Crippen LogP contribution is 2.26. The number of ether oxygens (including phenoxy) is 1. The Hall–Kier alpha value is -3.46. The van der Waals surface area contributed by atoms with Crippen LogP contribution in [-0.4, -0.2) is 48.3 Å². The van der Waals surface area contributed by atoms with Crippen LogP contribution in [0.4, 0.5) is 10.5 Å². The number of nitrogens with zero attached hydrogens (tertiary/aromatic N) is 2. The lowest BCUT2D eigenvalue weighted by molar-refractivity contribution is -0.116. The molecule has 0 spiro atoms. The van der Waals surface area contributed by atoms with E-state index in [9.17, 15) is 14.7 Å². The van der Waals surface area contributed by atoms with Crippen LogP contribution >= 0.6 is 11.3 Å². The molecule has 0 atom stereocenters. The van der Waals surface area contributed by atoms with E-state index in [2.05, 4.69) is 10.3 Å². The second-order valence-corrected chi connectivity index (χ2v) is 8.53. The highest BCUT2D eigenvalue weighted by Gasteiger charge is 2.16. The molecule has 1 saturated heterocycles. The molecule has 2 heterocycles. The zero-order valence-corrected chi connectivity index (χ0v) is 18.8. The number of hydrogen-bond donors (Lipinski definition) is 2. The number of nitrogens with one attached hydrogen (secondary N) is 1. The second-order valence-electron chi connectivity index (χ2n) is 7.58. The number of morpholine rings is 1. The number of amides is 2. The largest absolute Gasteiger partial charge is 0.463 e. The quantitative estimate of drug-likeness (QED) is 0.416. The first-order valence-corrected chi connectivity index (χ1v) is 11.5. The summed E-state index contributed by atoms with van der Waals surface area (Å²) in [6, 6.07) is 18.9. The molecular formula is C25H25N3O4S. The molecule has 0 saturated carbocycles. The number of carboxylic acid groups (broad SMARTS) is 1. The predicted octanol–water partition coefficient (Wildman–Crippen LogP) is 4.48.